The molecule has 1 unspecified atom stereocenters. The summed E-state index contributed by atoms with van der Waals surface area (Å²) in [6.45, 7) is 21.7. The first-order valence-corrected chi connectivity index (χ1v) is 9.80. The topological polar surface area (TPSA) is 18.5 Å². The lowest BCUT2D eigenvalue weighted by Crippen LogP contribution is -2.26. The molecular formula is C23H40O2. The Morgan fingerprint density at radius 1 is 0.760 bits per heavy atom. The van der Waals surface area contributed by atoms with E-state index in [0.29, 0.717) is 11.8 Å². The minimum absolute atomic E-state index is 0.243. The van der Waals surface area contributed by atoms with Crippen molar-refractivity contribution in [2.24, 2.45) is 11.8 Å². The van der Waals surface area contributed by atoms with Gasteiger partial charge in [-0.1, -0.05) is 40.2 Å². The van der Waals surface area contributed by atoms with Gasteiger partial charge in [-0.2, -0.15) is 0 Å². The van der Waals surface area contributed by atoms with Gasteiger partial charge in [-0.05, 0) is 83.4 Å². The first-order valence-electron chi connectivity index (χ1n) is 9.80. The van der Waals surface area contributed by atoms with Crippen molar-refractivity contribution >= 4 is 0 Å². The molecule has 25 heavy (non-hydrogen) atoms. The highest BCUT2D eigenvalue weighted by molar-refractivity contribution is 5.45. The summed E-state index contributed by atoms with van der Waals surface area (Å²) in [7, 11) is 0. The molecule has 1 aromatic carbocycles. The van der Waals surface area contributed by atoms with Crippen LogP contribution in [0.15, 0.2) is 18.2 Å². The van der Waals surface area contributed by atoms with Gasteiger partial charge in [-0.15, -0.1) is 0 Å². The van der Waals surface area contributed by atoms with E-state index >= 15 is 0 Å². The van der Waals surface area contributed by atoms with Crippen LogP contribution in [0.1, 0.15) is 93.6 Å². The van der Waals surface area contributed by atoms with Crippen LogP contribution < -0.4 is 9.47 Å². The number of benzene rings is 1. The van der Waals surface area contributed by atoms with E-state index in [2.05, 4.69) is 87.4 Å². The average molecular weight is 349 g/mol. The molecule has 1 rings (SSSR count). The van der Waals surface area contributed by atoms with Gasteiger partial charge in [0.25, 0.3) is 0 Å². The fourth-order valence-corrected chi connectivity index (χ4v) is 2.98. The van der Waals surface area contributed by atoms with Gasteiger partial charge in [0.05, 0.1) is 0 Å². The first-order chi connectivity index (χ1) is 11.3. The Balaban J connectivity index is 3.21. The number of hydrogen-bond donors (Lipinski definition) is 0. The van der Waals surface area contributed by atoms with E-state index in [-0.39, 0.29) is 11.2 Å². The number of ether oxygens (including phenoxy) is 2. The van der Waals surface area contributed by atoms with E-state index in [4.69, 9.17) is 9.47 Å². The molecule has 144 valence electrons. The Hall–Kier alpha value is -1.18. The highest BCUT2D eigenvalue weighted by Gasteiger charge is 2.23. The molecule has 0 heterocycles. The molecule has 2 nitrogen and oxygen atoms in total. The SMILES string of the molecule is CC(C)CCC(c1ccc(OC(C)(C)C)c(OC(C)(C)C)c1)C(C)C. The Kier molecular flexibility index (Phi) is 7.40. The van der Waals surface area contributed by atoms with Crippen LogP contribution in [0.3, 0.4) is 0 Å². The highest BCUT2D eigenvalue weighted by Crippen LogP contribution is 2.39. The largest absolute Gasteiger partial charge is 0.484 e. The molecule has 1 atom stereocenters. The molecule has 2 heteroatoms. The molecule has 0 radical (unpaired) electrons. The summed E-state index contributed by atoms with van der Waals surface area (Å²) in [5.41, 5.74) is 0.864. The van der Waals surface area contributed by atoms with Crippen LogP contribution in [-0.2, 0) is 0 Å². The highest BCUT2D eigenvalue weighted by atomic mass is 16.5. The molecular weight excluding hydrogens is 308 g/mol. The van der Waals surface area contributed by atoms with Crippen molar-refractivity contribution in [3.05, 3.63) is 23.8 Å². The molecule has 0 saturated carbocycles. The Labute approximate surface area is 156 Å². The van der Waals surface area contributed by atoms with E-state index < -0.39 is 0 Å². The summed E-state index contributed by atoms with van der Waals surface area (Å²) in [4.78, 5) is 0. The van der Waals surface area contributed by atoms with Gasteiger partial charge < -0.3 is 9.47 Å². The van der Waals surface area contributed by atoms with Gasteiger partial charge in [-0.25, -0.2) is 0 Å². The van der Waals surface area contributed by atoms with Crippen molar-refractivity contribution in [3.8, 4) is 11.5 Å². The summed E-state index contributed by atoms with van der Waals surface area (Å²) >= 11 is 0. The zero-order valence-corrected chi connectivity index (χ0v) is 18.2. The van der Waals surface area contributed by atoms with Crippen LogP contribution in [0, 0.1) is 11.8 Å². The van der Waals surface area contributed by atoms with Crippen molar-refractivity contribution in [1.29, 1.82) is 0 Å². The van der Waals surface area contributed by atoms with Crippen molar-refractivity contribution < 1.29 is 9.47 Å². The number of rotatable bonds is 7. The molecule has 1 aromatic rings. The zero-order chi connectivity index (χ0) is 19.4. The molecule has 0 bridgehead atoms. The second kappa shape index (κ2) is 8.47. The lowest BCUT2D eigenvalue weighted by Gasteiger charge is -2.29. The second-order valence-electron chi connectivity index (χ2n) is 9.96. The van der Waals surface area contributed by atoms with E-state index in [0.717, 1.165) is 17.4 Å². The molecule has 0 aliphatic carbocycles. The van der Waals surface area contributed by atoms with Gasteiger partial charge in [0, 0.05) is 0 Å². The maximum atomic E-state index is 6.25. The minimum Gasteiger partial charge on any atom is -0.484 e. The Morgan fingerprint density at radius 3 is 1.72 bits per heavy atom. The van der Waals surface area contributed by atoms with E-state index in [1.807, 2.05) is 0 Å². The van der Waals surface area contributed by atoms with Crippen LogP contribution in [0.5, 0.6) is 11.5 Å². The summed E-state index contributed by atoms with van der Waals surface area (Å²) in [5.74, 6) is 3.58. The smallest absolute Gasteiger partial charge is 0.162 e. The molecule has 0 aliphatic heterocycles. The second-order valence-corrected chi connectivity index (χ2v) is 9.96. The van der Waals surface area contributed by atoms with Gasteiger partial charge >= 0.3 is 0 Å². The molecule has 0 fully saturated rings. The van der Waals surface area contributed by atoms with Gasteiger partial charge in [0.2, 0.25) is 0 Å². The average Bonchev–Trinajstić information content (AvgIpc) is 2.37. The maximum Gasteiger partial charge on any atom is 0.162 e. The lowest BCUT2D eigenvalue weighted by atomic mass is 9.83. The van der Waals surface area contributed by atoms with Crippen molar-refractivity contribution in [3.63, 3.8) is 0 Å². The van der Waals surface area contributed by atoms with Crippen LogP contribution in [0.4, 0.5) is 0 Å². The molecule has 0 spiro atoms. The summed E-state index contributed by atoms with van der Waals surface area (Å²) < 4.78 is 12.4. The predicted molar refractivity (Wildman–Crippen MR) is 109 cm³/mol. The summed E-state index contributed by atoms with van der Waals surface area (Å²) in [6, 6.07) is 6.52. The lowest BCUT2D eigenvalue weighted by molar-refractivity contribution is 0.0955. The van der Waals surface area contributed by atoms with Crippen molar-refractivity contribution in [1.82, 2.24) is 0 Å². The Bertz CT molecular complexity index is 530. The van der Waals surface area contributed by atoms with Gasteiger partial charge in [0.15, 0.2) is 11.5 Å². The monoisotopic (exact) mass is 348 g/mol. The minimum atomic E-state index is -0.250. The quantitative estimate of drug-likeness (QED) is 0.518. The normalized spacial score (nSPS) is 14.1. The molecule has 0 amide bonds. The molecule has 0 N–H and O–H groups in total. The third-order valence-corrected chi connectivity index (χ3v) is 4.09. The van der Waals surface area contributed by atoms with Crippen molar-refractivity contribution in [2.75, 3.05) is 0 Å². The third-order valence-electron chi connectivity index (χ3n) is 4.09. The Morgan fingerprint density at radius 2 is 1.28 bits per heavy atom. The zero-order valence-electron chi connectivity index (χ0n) is 18.2. The van der Waals surface area contributed by atoms with E-state index in [9.17, 15) is 0 Å². The molecule has 0 aromatic heterocycles. The van der Waals surface area contributed by atoms with Gasteiger partial charge in [-0.3, -0.25) is 0 Å². The van der Waals surface area contributed by atoms with Crippen LogP contribution in [-0.4, -0.2) is 11.2 Å². The first kappa shape index (κ1) is 21.9. The van der Waals surface area contributed by atoms with Crippen molar-refractivity contribution in [2.45, 2.75) is 99.2 Å². The maximum absolute atomic E-state index is 6.25. The fraction of sp³-hybridized carbons (Fsp3) is 0.739. The van der Waals surface area contributed by atoms with Crippen LogP contribution >= 0.6 is 0 Å². The van der Waals surface area contributed by atoms with Crippen LogP contribution in [0.25, 0.3) is 0 Å². The van der Waals surface area contributed by atoms with Gasteiger partial charge in [0.1, 0.15) is 11.2 Å². The van der Waals surface area contributed by atoms with E-state index in [1.54, 1.807) is 0 Å². The van der Waals surface area contributed by atoms with E-state index in [1.165, 1.54) is 18.4 Å². The number of hydrogen-bond acceptors (Lipinski definition) is 2. The summed E-state index contributed by atoms with van der Waals surface area (Å²) in [5, 5.41) is 0. The predicted octanol–water partition coefficient (Wildman–Crippen LogP) is 7.22. The standard InChI is InChI=1S/C23H40O2/c1-16(2)11-13-19(17(3)4)18-12-14-20(24-22(5,6)7)21(15-18)25-23(8,9)10/h12,14-17,19H,11,13H2,1-10H3. The van der Waals surface area contributed by atoms with Crippen LogP contribution in [0.2, 0.25) is 0 Å². The molecule has 0 aliphatic rings. The molecule has 0 saturated heterocycles. The fourth-order valence-electron chi connectivity index (χ4n) is 2.98. The summed E-state index contributed by atoms with van der Waals surface area (Å²) in [6.07, 6.45) is 2.46. The third kappa shape index (κ3) is 8.16.